The van der Waals surface area contributed by atoms with Gasteiger partial charge in [-0.3, -0.25) is 0 Å². The average Bonchev–Trinajstić information content (AvgIpc) is 2.80. The number of benzene rings is 2. The quantitative estimate of drug-likeness (QED) is 0.420. The van der Waals surface area contributed by atoms with Gasteiger partial charge in [-0.1, -0.05) is 81.4 Å². The monoisotopic (exact) mass is 512 g/mol. The maximum absolute atomic E-state index is 12.4. The van der Waals surface area contributed by atoms with Crippen LogP contribution in [-0.4, -0.2) is 48.4 Å². The SMILES string of the molecule is CC(C)(C)OC(=O)NN(C(=O)O)C1CCCC(O[Si](c2ccccc2)(c2ccccc2)C(C)(C)C)C1. The van der Waals surface area contributed by atoms with E-state index in [0.717, 1.165) is 17.9 Å². The second-order valence-corrected chi connectivity index (χ2v) is 15.7. The van der Waals surface area contributed by atoms with Gasteiger partial charge >= 0.3 is 12.2 Å². The van der Waals surface area contributed by atoms with Crippen molar-refractivity contribution in [2.45, 2.75) is 90.0 Å². The molecule has 36 heavy (non-hydrogen) atoms. The smallest absolute Gasteiger partial charge is 0.426 e. The van der Waals surface area contributed by atoms with Crippen molar-refractivity contribution in [1.82, 2.24) is 10.4 Å². The fourth-order valence-corrected chi connectivity index (χ4v) is 9.83. The number of rotatable bonds is 5. The molecular weight excluding hydrogens is 472 g/mol. The highest BCUT2D eigenvalue weighted by molar-refractivity contribution is 6.99. The number of amides is 2. The molecule has 0 heterocycles. The molecule has 2 N–H and O–H groups in total. The molecule has 0 bridgehead atoms. The number of hydrogen-bond donors (Lipinski definition) is 2. The predicted octanol–water partition coefficient (Wildman–Crippen LogP) is 5.29. The highest BCUT2D eigenvalue weighted by Gasteiger charge is 2.52. The molecule has 0 aromatic heterocycles. The molecule has 1 aliphatic carbocycles. The van der Waals surface area contributed by atoms with Gasteiger partial charge in [-0.15, -0.1) is 0 Å². The van der Waals surface area contributed by atoms with Crippen molar-refractivity contribution in [1.29, 1.82) is 0 Å². The maximum atomic E-state index is 12.4. The second-order valence-electron chi connectivity index (χ2n) is 11.5. The van der Waals surface area contributed by atoms with E-state index >= 15 is 0 Å². The molecule has 8 heteroatoms. The molecule has 0 spiro atoms. The van der Waals surface area contributed by atoms with Crippen LogP contribution in [-0.2, 0) is 9.16 Å². The summed E-state index contributed by atoms with van der Waals surface area (Å²) in [5, 5.41) is 13.1. The minimum absolute atomic E-state index is 0.155. The molecule has 2 atom stereocenters. The maximum Gasteiger partial charge on any atom is 0.426 e. The van der Waals surface area contributed by atoms with E-state index in [0.29, 0.717) is 12.8 Å². The Morgan fingerprint density at radius 2 is 1.44 bits per heavy atom. The third-order valence-corrected chi connectivity index (χ3v) is 11.6. The molecule has 2 aromatic rings. The van der Waals surface area contributed by atoms with Crippen molar-refractivity contribution in [3.05, 3.63) is 60.7 Å². The largest absolute Gasteiger partial charge is 0.464 e. The van der Waals surface area contributed by atoms with Gasteiger partial charge in [0, 0.05) is 6.10 Å². The lowest BCUT2D eigenvalue weighted by molar-refractivity contribution is 0.0113. The Bertz CT molecular complexity index is 978. The first-order valence-electron chi connectivity index (χ1n) is 12.6. The third kappa shape index (κ3) is 6.47. The van der Waals surface area contributed by atoms with Crippen LogP contribution in [0, 0.1) is 0 Å². The van der Waals surface area contributed by atoms with E-state index in [1.54, 1.807) is 20.8 Å². The van der Waals surface area contributed by atoms with Crippen LogP contribution in [0.25, 0.3) is 0 Å². The Morgan fingerprint density at radius 3 is 1.89 bits per heavy atom. The van der Waals surface area contributed by atoms with Crippen LogP contribution in [0.5, 0.6) is 0 Å². The van der Waals surface area contributed by atoms with Crippen molar-refractivity contribution in [2.75, 3.05) is 0 Å². The summed E-state index contributed by atoms with van der Waals surface area (Å²) in [5.74, 6) is 0. The molecule has 1 saturated carbocycles. The predicted molar refractivity (Wildman–Crippen MR) is 144 cm³/mol. The molecule has 0 aliphatic heterocycles. The molecule has 7 nitrogen and oxygen atoms in total. The summed E-state index contributed by atoms with van der Waals surface area (Å²) in [7, 11) is -2.77. The first-order valence-corrected chi connectivity index (χ1v) is 14.5. The van der Waals surface area contributed by atoms with E-state index in [2.05, 4.69) is 74.7 Å². The zero-order chi connectivity index (χ0) is 26.6. The van der Waals surface area contributed by atoms with Crippen LogP contribution in [0.4, 0.5) is 9.59 Å². The molecule has 2 amide bonds. The summed E-state index contributed by atoms with van der Waals surface area (Å²) < 4.78 is 12.5. The number of ether oxygens (including phenoxy) is 1. The zero-order valence-electron chi connectivity index (χ0n) is 22.3. The van der Waals surface area contributed by atoms with Crippen molar-refractivity contribution < 1.29 is 23.9 Å². The van der Waals surface area contributed by atoms with E-state index in [1.807, 2.05) is 12.1 Å². The summed E-state index contributed by atoms with van der Waals surface area (Å²) in [6.07, 6.45) is 0.623. The highest BCUT2D eigenvalue weighted by Crippen LogP contribution is 2.39. The normalized spacial score (nSPS) is 18.8. The van der Waals surface area contributed by atoms with Crippen molar-refractivity contribution in [3.8, 4) is 0 Å². The van der Waals surface area contributed by atoms with Gasteiger partial charge in [0.05, 0.1) is 6.04 Å². The lowest BCUT2D eigenvalue weighted by Gasteiger charge is -2.47. The molecule has 196 valence electrons. The van der Waals surface area contributed by atoms with Gasteiger partial charge in [0.25, 0.3) is 8.32 Å². The third-order valence-electron chi connectivity index (χ3n) is 6.54. The molecule has 2 unspecified atom stereocenters. The lowest BCUT2D eigenvalue weighted by Crippen LogP contribution is -2.68. The zero-order valence-corrected chi connectivity index (χ0v) is 23.3. The number of carbonyl (C=O) groups excluding carboxylic acids is 1. The van der Waals surface area contributed by atoms with Gasteiger partial charge in [0.15, 0.2) is 0 Å². The van der Waals surface area contributed by atoms with Gasteiger partial charge in [-0.2, -0.15) is 0 Å². The van der Waals surface area contributed by atoms with Gasteiger partial charge in [0.1, 0.15) is 5.60 Å². The van der Waals surface area contributed by atoms with E-state index in [1.165, 1.54) is 10.4 Å². The molecule has 3 rings (SSSR count). The minimum atomic E-state index is -2.77. The average molecular weight is 513 g/mol. The Morgan fingerprint density at radius 1 is 0.917 bits per heavy atom. The first-order chi connectivity index (χ1) is 16.8. The summed E-state index contributed by atoms with van der Waals surface area (Å²) in [5.41, 5.74) is 1.72. The fraction of sp³-hybridized carbons (Fsp3) is 0.500. The van der Waals surface area contributed by atoms with Crippen LogP contribution in [0.1, 0.15) is 67.2 Å². The highest BCUT2D eigenvalue weighted by atomic mass is 28.4. The van der Waals surface area contributed by atoms with Crippen molar-refractivity contribution in [3.63, 3.8) is 0 Å². The van der Waals surface area contributed by atoms with Gasteiger partial charge in [-0.05, 0) is 61.9 Å². The lowest BCUT2D eigenvalue weighted by atomic mass is 9.93. The summed E-state index contributed by atoms with van der Waals surface area (Å²) in [6, 6.07) is 20.4. The summed E-state index contributed by atoms with van der Waals surface area (Å²) >= 11 is 0. The molecular formula is C28H40N2O5Si. The van der Waals surface area contributed by atoms with Gasteiger partial charge < -0.3 is 14.3 Å². The van der Waals surface area contributed by atoms with Crippen molar-refractivity contribution >= 4 is 30.9 Å². The van der Waals surface area contributed by atoms with Crippen LogP contribution in [0.3, 0.4) is 0 Å². The number of carboxylic acid groups (broad SMARTS) is 1. The summed E-state index contributed by atoms with van der Waals surface area (Å²) in [4.78, 5) is 24.5. The second kappa shape index (κ2) is 11.0. The summed E-state index contributed by atoms with van der Waals surface area (Å²) in [6.45, 7) is 11.9. The number of nitrogens with one attached hydrogen (secondary N) is 1. The fourth-order valence-electron chi connectivity index (χ4n) is 5.10. The van der Waals surface area contributed by atoms with Gasteiger partial charge in [0.2, 0.25) is 0 Å². The van der Waals surface area contributed by atoms with E-state index in [9.17, 15) is 14.7 Å². The molecule has 0 radical (unpaired) electrons. The van der Waals surface area contributed by atoms with Crippen LogP contribution in [0.2, 0.25) is 5.04 Å². The number of nitrogens with zero attached hydrogens (tertiary/aromatic N) is 1. The molecule has 2 aromatic carbocycles. The van der Waals surface area contributed by atoms with E-state index in [4.69, 9.17) is 9.16 Å². The minimum Gasteiger partial charge on any atom is -0.464 e. The Hall–Kier alpha value is -2.84. The number of carbonyl (C=O) groups is 2. The Balaban J connectivity index is 1.92. The Labute approximate surface area is 215 Å². The van der Waals surface area contributed by atoms with E-state index < -0.39 is 32.1 Å². The molecule has 0 saturated heterocycles. The first kappa shape index (κ1) is 27.7. The number of hydrazine groups is 1. The topological polar surface area (TPSA) is 88.1 Å². The standard InChI is InChI=1S/C28H40N2O5Si/c1-27(2,3)34-25(31)29-30(26(32)33)21-14-13-15-22(20-21)35-36(28(4,5)6,23-16-9-7-10-17-23)24-18-11-8-12-19-24/h7-12,16-19,21-22H,13-15,20H2,1-6H3,(H,29,31)(H,32,33). The van der Waals surface area contributed by atoms with Crippen LogP contribution >= 0.6 is 0 Å². The van der Waals surface area contributed by atoms with E-state index in [-0.39, 0.29) is 11.1 Å². The van der Waals surface area contributed by atoms with Crippen molar-refractivity contribution in [2.24, 2.45) is 0 Å². The number of hydrogen-bond acceptors (Lipinski definition) is 4. The molecule has 1 aliphatic rings. The van der Waals surface area contributed by atoms with Gasteiger partial charge in [-0.25, -0.2) is 20.0 Å². The van der Waals surface area contributed by atoms with Crippen LogP contribution in [0.15, 0.2) is 60.7 Å². The molecule has 1 fully saturated rings. The Kier molecular flexibility index (Phi) is 8.51. The van der Waals surface area contributed by atoms with Crippen LogP contribution < -0.4 is 15.8 Å².